The van der Waals surface area contributed by atoms with Crippen molar-refractivity contribution in [1.29, 1.82) is 0 Å². The minimum Gasteiger partial charge on any atom is -0.439 e. The molecule has 0 amide bonds. The van der Waals surface area contributed by atoms with Gasteiger partial charge in [-0.25, -0.2) is 0 Å². The molecule has 7 heteroatoms. The SMILES string of the molecule is S=P(Cl)(Cl)Oc1ccc(Cl)cc1Cl. The Balaban J connectivity index is 2.97. The second kappa shape index (κ2) is 4.57. The Morgan fingerprint density at radius 1 is 1.23 bits per heavy atom. The van der Waals surface area contributed by atoms with Gasteiger partial charge >= 0.3 is 0 Å². The summed E-state index contributed by atoms with van der Waals surface area (Å²) in [6.07, 6.45) is 0. The van der Waals surface area contributed by atoms with Crippen molar-refractivity contribution in [3.63, 3.8) is 0 Å². The molecule has 0 atom stereocenters. The summed E-state index contributed by atoms with van der Waals surface area (Å²) in [6, 6.07) is 4.70. The highest BCUT2D eigenvalue weighted by Gasteiger charge is 2.13. The second-order valence-corrected chi connectivity index (χ2v) is 10.1. The molecule has 1 rings (SSSR count). The molecule has 13 heavy (non-hydrogen) atoms. The normalized spacial score (nSPS) is 11.4. The van der Waals surface area contributed by atoms with Gasteiger partial charge in [-0.2, -0.15) is 0 Å². The first-order valence-electron chi connectivity index (χ1n) is 3.02. The Kier molecular flexibility index (Phi) is 4.18. The summed E-state index contributed by atoms with van der Waals surface area (Å²) in [5, 5.41) is 0.845. The molecule has 0 saturated heterocycles. The van der Waals surface area contributed by atoms with Crippen molar-refractivity contribution in [2.45, 2.75) is 0 Å². The fourth-order valence-corrected chi connectivity index (χ4v) is 2.24. The van der Waals surface area contributed by atoms with E-state index < -0.39 is 4.97 Å². The molecule has 0 aromatic heterocycles. The van der Waals surface area contributed by atoms with Crippen LogP contribution in [-0.2, 0) is 11.8 Å². The standard InChI is InChI=1S/C6H3Cl4OPS/c7-4-1-2-6(5(8)3-4)11-12(9,10)13/h1-3H. The van der Waals surface area contributed by atoms with E-state index in [1.807, 2.05) is 0 Å². The molecule has 0 radical (unpaired) electrons. The second-order valence-electron chi connectivity index (χ2n) is 2.08. The lowest BCUT2D eigenvalue weighted by atomic mass is 10.3. The van der Waals surface area contributed by atoms with Gasteiger partial charge in [-0.1, -0.05) is 23.2 Å². The lowest BCUT2D eigenvalue weighted by Crippen LogP contribution is -1.82. The van der Waals surface area contributed by atoms with Gasteiger partial charge in [0.15, 0.2) is 0 Å². The molecule has 1 aromatic rings. The molecule has 0 fully saturated rings. The highest BCUT2D eigenvalue weighted by atomic mass is 35.9. The van der Waals surface area contributed by atoms with Crippen molar-refractivity contribution in [2.75, 3.05) is 0 Å². The van der Waals surface area contributed by atoms with Crippen LogP contribution in [0.2, 0.25) is 10.0 Å². The third-order valence-electron chi connectivity index (χ3n) is 1.10. The van der Waals surface area contributed by atoms with Gasteiger partial charge in [0.1, 0.15) is 5.75 Å². The van der Waals surface area contributed by atoms with Crippen molar-refractivity contribution in [3.8, 4) is 5.75 Å². The molecule has 0 aliphatic carbocycles. The van der Waals surface area contributed by atoms with E-state index in [-0.39, 0.29) is 0 Å². The predicted molar refractivity (Wildman–Crippen MR) is 63.1 cm³/mol. The van der Waals surface area contributed by atoms with E-state index in [1.165, 1.54) is 6.07 Å². The summed E-state index contributed by atoms with van der Waals surface area (Å²) in [7, 11) is 0. The Hall–Kier alpha value is 0.830. The summed E-state index contributed by atoms with van der Waals surface area (Å²) in [5.41, 5.74) is 0. The fraction of sp³-hybridized carbons (Fsp3) is 0. The largest absolute Gasteiger partial charge is 0.439 e. The molecule has 0 heterocycles. The smallest absolute Gasteiger partial charge is 0.289 e. The number of benzene rings is 1. The molecular weight excluding hydrogens is 293 g/mol. The summed E-state index contributed by atoms with van der Waals surface area (Å²) in [4.78, 5) is -2.78. The summed E-state index contributed by atoms with van der Waals surface area (Å²) < 4.78 is 5.05. The third kappa shape index (κ3) is 4.24. The first kappa shape index (κ1) is 11.9. The maximum absolute atomic E-state index is 5.78. The van der Waals surface area contributed by atoms with Crippen molar-refractivity contribution in [1.82, 2.24) is 0 Å². The van der Waals surface area contributed by atoms with Crippen LogP contribution in [0.5, 0.6) is 5.75 Å². The summed E-state index contributed by atoms with van der Waals surface area (Å²) in [5.74, 6) is 0.347. The minimum absolute atomic E-state index is 0.336. The number of hydrogen-bond donors (Lipinski definition) is 0. The maximum Gasteiger partial charge on any atom is 0.289 e. The molecule has 0 saturated carbocycles. The average molecular weight is 296 g/mol. The highest BCUT2D eigenvalue weighted by molar-refractivity contribution is 8.36. The van der Waals surface area contributed by atoms with Crippen LogP contribution in [0.4, 0.5) is 0 Å². The Morgan fingerprint density at radius 3 is 2.31 bits per heavy atom. The predicted octanol–water partition coefficient (Wildman–Crippen LogP) is 5.07. The van der Waals surface area contributed by atoms with Crippen molar-refractivity contribution < 1.29 is 4.52 Å². The van der Waals surface area contributed by atoms with E-state index >= 15 is 0 Å². The van der Waals surface area contributed by atoms with E-state index in [4.69, 9.17) is 50.2 Å². The highest BCUT2D eigenvalue weighted by Crippen LogP contribution is 2.58. The zero-order chi connectivity index (χ0) is 10.1. The van der Waals surface area contributed by atoms with E-state index in [9.17, 15) is 0 Å². The topological polar surface area (TPSA) is 9.23 Å². The van der Waals surface area contributed by atoms with Crippen molar-refractivity contribution in [2.24, 2.45) is 0 Å². The minimum atomic E-state index is -2.78. The third-order valence-corrected chi connectivity index (χ3v) is 2.68. The molecule has 1 aromatic carbocycles. The molecule has 0 aliphatic heterocycles. The summed E-state index contributed by atoms with van der Waals surface area (Å²) >= 11 is 27.2. The van der Waals surface area contributed by atoms with E-state index in [0.717, 1.165) is 0 Å². The van der Waals surface area contributed by atoms with Crippen LogP contribution in [0.25, 0.3) is 0 Å². The zero-order valence-corrected chi connectivity index (χ0v) is 10.7. The fourth-order valence-electron chi connectivity index (χ4n) is 0.664. The van der Waals surface area contributed by atoms with Crippen LogP contribution in [0, 0.1) is 0 Å². The monoisotopic (exact) mass is 294 g/mol. The first-order valence-corrected chi connectivity index (χ1v) is 8.31. The quantitative estimate of drug-likeness (QED) is 0.704. The molecule has 0 unspecified atom stereocenters. The van der Waals surface area contributed by atoms with E-state index in [2.05, 4.69) is 11.8 Å². The molecule has 1 nitrogen and oxygen atoms in total. The van der Waals surface area contributed by atoms with Crippen LogP contribution in [0.15, 0.2) is 18.2 Å². The molecule has 0 spiro atoms. The number of halogens is 4. The van der Waals surface area contributed by atoms with E-state index in [1.54, 1.807) is 12.1 Å². The average Bonchev–Trinajstić information content (AvgIpc) is 1.93. The van der Waals surface area contributed by atoms with Gasteiger partial charge < -0.3 is 4.52 Å². The van der Waals surface area contributed by atoms with Crippen molar-refractivity contribution >= 4 is 62.5 Å². The van der Waals surface area contributed by atoms with Gasteiger partial charge in [-0.05, 0) is 52.5 Å². The van der Waals surface area contributed by atoms with Crippen LogP contribution in [0.1, 0.15) is 0 Å². The van der Waals surface area contributed by atoms with Crippen LogP contribution in [0.3, 0.4) is 0 Å². The Labute approximate surface area is 101 Å². The van der Waals surface area contributed by atoms with Crippen molar-refractivity contribution in [3.05, 3.63) is 28.2 Å². The zero-order valence-electron chi connectivity index (χ0n) is 6.01. The lowest BCUT2D eigenvalue weighted by Gasteiger charge is -2.10. The molecule has 0 aliphatic rings. The van der Waals surface area contributed by atoms with Gasteiger partial charge in [0, 0.05) is 5.02 Å². The lowest BCUT2D eigenvalue weighted by molar-refractivity contribution is 0.636. The van der Waals surface area contributed by atoms with Gasteiger partial charge in [0.05, 0.1) is 5.02 Å². The first-order chi connectivity index (χ1) is 5.88. The summed E-state index contributed by atoms with van der Waals surface area (Å²) in [6.45, 7) is 0. The maximum atomic E-state index is 5.78. The number of rotatable bonds is 2. The molecule has 0 bridgehead atoms. The molecule has 0 N–H and O–H groups in total. The number of hydrogen-bond acceptors (Lipinski definition) is 2. The molecular formula is C6H3Cl4OPS. The molecule has 72 valence electrons. The van der Waals surface area contributed by atoms with E-state index in [0.29, 0.717) is 15.8 Å². The Bertz CT molecular complexity index is 364. The van der Waals surface area contributed by atoms with Gasteiger partial charge in [-0.15, -0.1) is 0 Å². The Morgan fingerprint density at radius 2 is 1.85 bits per heavy atom. The van der Waals surface area contributed by atoms with Crippen LogP contribution >= 0.6 is 50.7 Å². The van der Waals surface area contributed by atoms with Crippen LogP contribution in [-0.4, -0.2) is 0 Å². The van der Waals surface area contributed by atoms with Gasteiger partial charge in [0.2, 0.25) is 0 Å². The van der Waals surface area contributed by atoms with Gasteiger partial charge in [-0.3, -0.25) is 0 Å². The van der Waals surface area contributed by atoms with Crippen LogP contribution < -0.4 is 4.52 Å². The van der Waals surface area contributed by atoms with Gasteiger partial charge in [0.25, 0.3) is 4.97 Å².